The molecule has 1 aliphatic heterocycles. The summed E-state index contributed by atoms with van der Waals surface area (Å²) in [5.41, 5.74) is 4.05. The van der Waals surface area contributed by atoms with Crippen molar-refractivity contribution in [2.75, 3.05) is 36.5 Å². The van der Waals surface area contributed by atoms with Crippen molar-refractivity contribution in [2.24, 2.45) is 0 Å². The second-order valence-electron chi connectivity index (χ2n) is 7.44. The molecule has 4 rings (SSSR count). The second-order valence-corrected chi connectivity index (χ2v) is 8.56. The number of rotatable bonds is 7. The summed E-state index contributed by atoms with van der Waals surface area (Å²) >= 11 is 0. The number of para-hydroxylation sites is 1. The molecule has 2 atom stereocenters. The van der Waals surface area contributed by atoms with Gasteiger partial charge in [0.05, 0.1) is 24.5 Å². The molecule has 1 aliphatic rings. The summed E-state index contributed by atoms with van der Waals surface area (Å²) in [5.74, 6) is 0.767. The molecule has 1 aromatic heterocycles. The van der Waals surface area contributed by atoms with Gasteiger partial charge in [-0.2, -0.15) is 5.10 Å². The van der Waals surface area contributed by atoms with Gasteiger partial charge in [0.25, 0.3) is 0 Å². The molecule has 0 bridgehead atoms. The summed E-state index contributed by atoms with van der Waals surface area (Å²) in [6, 6.07) is 12.6. The summed E-state index contributed by atoms with van der Waals surface area (Å²) in [4.78, 5) is 2.45. The number of nitrogens with zero attached hydrogens (tertiary/aromatic N) is 2. The van der Waals surface area contributed by atoms with Crippen molar-refractivity contribution in [1.82, 2.24) is 15.1 Å². The van der Waals surface area contributed by atoms with Crippen LogP contribution in [-0.2, 0) is 17.5 Å². The fourth-order valence-corrected chi connectivity index (χ4v) is 4.48. The molecule has 29 heavy (non-hydrogen) atoms. The minimum Gasteiger partial charge on any atom is -0.494 e. The molecule has 0 amide bonds. The quantitative estimate of drug-likeness (QED) is 0.553. The van der Waals surface area contributed by atoms with Crippen molar-refractivity contribution in [3.63, 3.8) is 0 Å². The van der Waals surface area contributed by atoms with Crippen LogP contribution in [0.25, 0.3) is 10.9 Å². The van der Waals surface area contributed by atoms with E-state index in [0.717, 1.165) is 66.1 Å². The Morgan fingerprint density at radius 1 is 1.34 bits per heavy atom. The largest absolute Gasteiger partial charge is 0.494 e. The zero-order valence-electron chi connectivity index (χ0n) is 16.8. The number of hydrogen-bond donors (Lipinski definition) is 3. The van der Waals surface area contributed by atoms with E-state index in [4.69, 9.17) is 4.74 Å². The zero-order chi connectivity index (χ0) is 20.2. The Balaban J connectivity index is 1.44. The predicted octanol–water partition coefficient (Wildman–Crippen LogP) is 3.35. The van der Waals surface area contributed by atoms with E-state index < -0.39 is 11.0 Å². The molecule has 0 aliphatic carbocycles. The maximum absolute atomic E-state index is 11.6. The van der Waals surface area contributed by atoms with E-state index in [2.05, 4.69) is 49.4 Å². The van der Waals surface area contributed by atoms with Crippen LogP contribution in [0.2, 0.25) is 0 Å². The number of likely N-dealkylation sites (tertiary alicyclic amines) is 1. The van der Waals surface area contributed by atoms with Gasteiger partial charge in [0, 0.05) is 42.0 Å². The summed E-state index contributed by atoms with van der Waals surface area (Å²) in [7, 11) is 0.523. The number of ether oxygens (including phenoxy) is 1. The van der Waals surface area contributed by atoms with Gasteiger partial charge < -0.3 is 14.8 Å². The summed E-state index contributed by atoms with van der Waals surface area (Å²) in [6.07, 6.45) is 5.76. The number of methoxy groups -OCH3 is 1. The lowest BCUT2D eigenvalue weighted by Crippen LogP contribution is -2.41. The lowest BCUT2D eigenvalue weighted by Gasteiger charge is -2.34. The Labute approximate surface area is 173 Å². The molecule has 2 heterocycles. The van der Waals surface area contributed by atoms with Crippen molar-refractivity contribution in [3.05, 3.63) is 48.2 Å². The van der Waals surface area contributed by atoms with Gasteiger partial charge in [-0.3, -0.25) is 10.00 Å². The molecule has 154 valence electrons. The highest BCUT2D eigenvalue weighted by atomic mass is 32.2. The third-order valence-electron chi connectivity index (χ3n) is 5.26. The van der Waals surface area contributed by atoms with Crippen LogP contribution in [-0.4, -0.2) is 51.8 Å². The summed E-state index contributed by atoms with van der Waals surface area (Å²) in [5, 5.41) is 11.9. The van der Waals surface area contributed by atoms with Crippen molar-refractivity contribution in [2.45, 2.75) is 25.4 Å². The first kappa shape index (κ1) is 19.7. The van der Waals surface area contributed by atoms with Crippen LogP contribution >= 0.6 is 0 Å². The van der Waals surface area contributed by atoms with Crippen LogP contribution in [0.3, 0.4) is 0 Å². The van der Waals surface area contributed by atoms with Crippen LogP contribution in [0.15, 0.2) is 42.6 Å². The molecule has 7 nitrogen and oxygen atoms in total. The number of anilines is 2. The molecule has 0 saturated carbocycles. The van der Waals surface area contributed by atoms with Gasteiger partial charge in [-0.05, 0) is 43.7 Å². The smallest absolute Gasteiger partial charge is 0.147 e. The van der Waals surface area contributed by atoms with E-state index in [1.165, 1.54) is 0 Å². The van der Waals surface area contributed by atoms with E-state index in [1.807, 2.05) is 18.3 Å². The Morgan fingerprint density at radius 2 is 2.24 bits per heavy atom. The first-order chi connectivity index (χ1) is 14.1. The fourth-order valence-electron chi connectivity index (χ4n) is 4.01. The van der Waals surface area contributed by atoms with Crippen molar-refractivity contribution in [3.8, 4) is 5.75 Å². The van der Waals surface area contributed by atoms with E-state index >= 15 is 0 Å². The highest BCUT2D eigenvalue weighted by Gasteiger charge is 2.21. The molecule has 0 spiro atoms. The van der Waals surface area contributed by atoms with Crippen LogP contribution < -0.4 is 14.8 Å². The summed E-state index contributed by atoms with van der Waals surface area (Å²) < 4.78 is 20.2. The average molecular weight is 414 g/mol. The van der Waals surface area contributed by atoms with Gasteiger partial charge in [0.2, 0.25) is 0 Å². The molecule has 1 unspecified atom stereocenters. The van der Waals surface area contributed by atoms with E-state index in [1.54, 1.807) is 13.4 Å². The lowest BCUT2D eigenvalue weighted by atomic mass is 10.0. The first-order valence-electron chi connectivity index (χ1n) is 9.80. The average Bonchev–Trinajstić information content (AvgIpc) is 3.16. The lowest BCUT2D eigenvalue weighted by molar-refractivity contribution is 0.206. The molecule has 3 aromatic rings. The standard InChI is InChI=1S/C21H27N5O2S/c1-28-21-15(5-3-7-20(21)25-29(2)27)13-26-10-4-6-18(14-26)23-17-8-9-19-16(11-17)12-22-24-19/h3,5,7-9,11-12,18,23,25H,4,6,10,13-14H2,1-2H3,(H,22,24)/t18-,29?/m0/s1. The van der Waals surface area contributed by atoms with Crippen LogP contribution in [0.4, 0.5) is 11.4 Å². The van der Waals surface area contributed by atoms with Gasteiger partial charge in [-0.1, -0.05) is 12.1 Å². The second kappa shape index (κ2) is 8.84. The molecule has 1 saturated heterocycles. The Morgan fingerprint density at radius 3 is 3.07 bits per heavy atom. The van der Waals surface area contributed by atoms with E-state index in [0.29, 0.717) is 6.04 Å². The molecular weight excluding hydrogens is 386 g/mol. The molecule has 2 aromatic carbocycles. The number of aromatic nitrogens is 2. The number of hydrogen-bond acceptors (Lipinski definition) is 5. The topological polar surface area (TPSA) is 82.3 Å². The molecule has 8 heteroatoms. The number of H-pyrrole nitrogens is 1. The maximum Gasteiger partial charge on any atom is 0.147 e. The third kappa shape index (κ3) is 4.71. The number of fused-ring (bicyclic) bond motifs is 1. The van der Waals surface area contributed by atoms with E-state index in [-0.39, 0.29) is 0 Å². The van der Waals surface area contributed by atoms with Crippen LogP contribution in [0.1, 0.15) is 18.4 Å². The predicted molar refractivity (Wildman–Crippen MR) is 119 cm³/mol. The Hall–Kier alpha value is -2.58. The zero-order valence-corrected chi connectivity index (χ0v) is 17.6. The van der Waals surface area contributed by atoms with Gasteiger partial charge in [0.15, 0.2) is 0 Å². The highest BCUT2D eigenvalue weighted by molar-refractivity contribution is 7.85. The van der Waals surface area contributed by atoms with Gasteiger partial charge >= 0.3 is 0 Å². The number of aromatic amines is 1. The van der Waals surface area contributed by atoms with Crippen LogP contribution in [0.5, 0.6) is 5.75 Å². The molecule has 1 fully saturated rings. The minimum absolute atomic E-state index is 0.392. The maximum atomic E-state index is 11.6. The van der Waals surface area contributed by atoms with Crippen molar-refractivity contribution >= 4 is 33.3 Å². The Kier molecular flexibility index (Phi) is 6.01. The van der Waals surface area contributed by atoms with Crippen molar-refractivity contribution in [1.29, 1.82) is 0 Å². The number of benzene rings is 2. The molecule has 3 N–H and O–H groups in total. The fraction of sp³-hybridized carbons (Fsp3) is 0.381. The summed E-state index contributed by atoms with van der Waals surface area (Å²) in [6.45, 7) is 2.82. The highest BCUT2D eigenvalue weighted by Crippen LogP contribution is 2.31. The number of nitrogens with one attached hydrogen (secondary N) is 3. The first-order valence-corrected chi connectivity index (χ1v) is 11.4. The minimum atomic E-state index is -1.14. The van der Waals surface area contributed by atoms with Crippen LogP contribution in [0, 0.1) is 0 Å². The van der Waals surface area contributed by atoms with E-state index in [9.17, 15) is 4.21 Å². The molecule has 0 radical (unpaired) electrons. The molecular formula is C21H27N5O2S. The monoisotopic (exact) mass is 413 g/mol. The SMILES string of the molecule is COc1c(CN2CCC[C@H](Nc3ccc4[nH]ncc4c3)C2)cccc1NS(C)=O. The van der Waals surface area contributed by atoms with Gasteiger partial charge in [0.1, 0.15) is 16.7 Å². The van der Waals surface area contributed by atoms with Gasteiger partial charge in [-0.15, -0.1) is 0 Å². The Bertz CT molecular complexity index is 1010. The van der Waals surface area contributed by atoms with Crippen molar-refractivity contribution < 1.29 is 8.95 Å². The normalized spacial score (nSPS) is 18.5. The number of piperidine rings is 1. The third-order valence-corrected chi connectivity index (χ3v) is 5.77. The van der Waals surface area contributed by atoms with Gasteiger partial charge in [-0.25, -0.2) is 4.21 Å².